The number of hydrogen-bond donors (Lipinski definition) is 0. The van der Waals surface area contributed by atoms with E-state index in [2.05, 4.69) is 43.0 Å². The van der Waals surface area contributed by atoms with E-state index in [9.17, 15) is 4.79 Å². The number of hydrogen-bond acceptors (Lipinski definition) is 5. The van der Waals surface area contributed by atoms with Crippen molar-refractivity contribution in [3.63, 3.8) is 0 Å². The third kappa shape index (κ3) is 6.77. The fourth-order valence-electron chi connectivity index (χ4n) is 5.00. The lowest BCUT2D eigenvalue weighted by Gasteiger charge is -2.36. The molecule has 0 saturated carbocycles. The summed E-state index contributed by atoms with van der Waals surface area (Å²) in [6.45, 7) is 5.39. The molecule has 5 heteroatoms. The van der Waals surface area contributed by atoms with Gasteiger partial charge < -0.3 is 18.9 Å². The predicted octanol–water partition coefficient (Wildman–Crippen LogP) is 7.59. The number of benzene rings is 5. The smallest absolute Gasteiger partial charge is 0.338 e. The highest BCUT2D eigenvalue weighted by Gasteiger charge is 2.37. The van der Waals surface area contributed by atoms with Gasteiger partial charge in [-0.3, -0.25) is 0 Å². The molecule has 0 aliphatic carbocycles. The summed E-state index contributed by atoms with van der Waals surface area (Å²) < 4.78 is 23.7. The van der Waals surface area contributed by atoms with E-state index in [0.717, 1.165) is 33.2 Å². The van der Waals surface area contributed by atoms with Crippen LogP contribution in [0.25, 0.3) is 10.8 Å². The second kappa shape index (κ2) is 14.3. The molecule has 0 bridgehead atoms. The molecular weight excluding hydrogens is 524 g/mol. The van der Waals surface area contributed by atoms with Crippen LogP contribution in [0.1, 0.15) is 27.0 Å². The zero-order valence-corrected chi connectivity index (χ0v) is 23.5. The van der Waals surface area contributed by atoms with Gasteiger partial charge in [-0.05, 0) is 51.7 Å². The molecule has 0 atom stereocenters. The van der Waals surface area contributed by atoms with Gasteiger partial charge in [-0.2, -0.15) is 0 Å². The van der Waals surface area contributed by atoms with Gasteiger partial charge in [-0.25, -0.2) is 4.79 Å². The van der Waals surface area contributed by atoms with Crippen LogP contribution >= 0.6 is 0 Å². The average molecular weight is 559 g/mol. The van der Waals surface area contributed by atoms with E-state index in [1.807, 2.05) is 84.9 Å². The van der Waals surface area contributed by atoms with Crippen LogP contribution in [0.2, 0.25) is 0 Å². The Balaban J connectivity index is 1.18. The minimum absolute atomic E-state index is 0.186. The molecule has 0 heterocycles. The Bertz CT molecular complexity index is 1490. The molecule has 0 saturated heterocycles. The number of fused-ring (bicyclic) bond motifs is 1. The van der Waals surface area contributed by atoms with Gasteiger partial charge in [0.15, 0.2) is 0 Å². The molecule has 0 spiro atoms. The first kappa shape index (κ1) is 28.8. The van der Waals surface area contributed by atoms with Crippen LogP contribution < -0.4 is 4.74 Å². The molecule has 0 aromatic heterocycles. The number of carbonyl (C=O) groups excluding carboxylic acids is 1. The largest absolute Gasteiger partial charge is 0.491 e. The van der Waals surface area contributed by atoms with Crippen LogP contribution in [0.15, 0.2) is 140 Å². The van der Waals surface area contributed by atoms with Crippen molar-refractivity contribution in [2.45, 2.75) is 5.60 Å². The second-order valence-electron chi connectivity index (χ2n) is 9.70. The van der Waals surface area contributed by atoms with Crippen molar-refractivity contribution in [1.82, 2.24) is 0 Å². The van der Waals surface area contributed by atoms with Crippen molar-refractivity contribution in [1.29, 1.82) is 0 Å². The lowest BCUT2D eigenvalue weighted by Crippen LogP contribution is -2.34. The maximum Gasteiger partial charge on any atom is 0.338 e. The Morgan fingerprint density at radius 2 is 1.19 bits per heavy atom. The first-order chi connectivity index (χ1) is 20.7. The summed E-state index contributed by atoms with van der Waals surface area (Å²) in [4.78, 5) is 12.1. The van der Waals surface area contributed by atoms with E-state index in [4.69, 9.17) is 18.9 Å². The number of ether oxygens (including phenoxy) is 4. The summed E-state index contributed by atoms with van der Waals surface area (Å²) in [5, 5.41) is 1.91. The number of rotatable bonds is 14. The van der Waals surface area contributed by atoms with Crippen molar-refractivity contribution in [3.05, 3.63) is 162 Å². The Hall–Kier alpha value is -4.71. The summed E-state index contributed by atoms with van der Waals surface area (Å²) in [7, 11) is 0. The second-order valence-corrected chi connectivity index (χ2v) is 9.70. The molecule has 5 rings (SSSR count). The van der Waals surface area contributed by atoms with E-state index in [1.54, 1.807) is 12.1 Å². The van der Waals surface area contributed by atoms with Crippen LogP contribution in [-0.4, -0.2) is 39.0 Å². The first-order valence-electron chi connectivity index (χ1n) is 14.0. The minimum atomic E-state index is -0.767. The maximum absolute atomic E-state index is 12.1. The van der Waals surface area contributed by atoms with E-state index in [0.29, 0.717) is 32.0 Å². The summed E-state index contributed by atoms with van der Waals surface area (Å²) in [6, 6.07) is 42.1. The summed E-state index contributed by atoms with van der Waals surface area (Å²) in [5.74, 6) is 0.368. The van der Waals surface area contributed by atoms with Crippen LogP contribution in [-0.2, 0) is 19.8 Å². The lowest BCUT2D eigenvalue weighted by atomic mass is 9.80. The molecule has 0 fully saturated rings. The van der Waals surface area contributed by atoms with Gasteiger partial charge in [0.25, 0.3) is 0 Å². The summed E-state index contributed by atoms with van der Waals surface area (Å²) in [6.07, 6.45) is 1.55. The Morgan fingerprint density at radius 1 is 0.643 bits per heavy atom. The highest BCUT2D eigenvalue weighted by atomic mass is 16.6. The van der Waals surface area contributed by atoms with E-state index in [-0.39, 0.29) is 12.6 Å². The molecule has 0 unspecified atom stereocenters. The Kier molecular flexibility index (Phi) is 9.78. The quantitative estimate of drug-likeness (QED) is 0.0608. The third-order valence-electron chi connectivity index (χ3n) is 6.96. The lowest BCUT2D eigenvalue weighted by molar-refractivity contribution is -0.0271. The molecule has 5 aromatic rings. The third-order valence-corrected chi connectivity index (χ3v) is 6.96. The fraction of sp³-hybridized carbons (Fsp3) is 0.162. The van der Waals surface area contributed by atoms with Gasteiger partial charge in [0.1, 0.15) is 24.6 Å². The molecule has 0 amide bonds. The van der Waals surface area contributed by atoms with Crippen molar-refractivity contribution in [2.24, 2.45) is 0 Å². The molecule has 0 radical (unpaired) electrons. The van der Waals surface area contributed by atoms with Crippen LogP contribution in [0, 0.1) is 0 Å². The highest BCUT2D eigenvalue weighted by Crippen LogP contribution is 2.40. The Morgan fingerprint density at radius 3 is 1.79 bits per heavy atom. The molecule has 0 aliphatic rings. The topological polar surface area (TPSA) is 54.0 Å². The first-order valence-corrected chi connectivity index (χ1v) is 14.0. The van der Waals surface area contributed by atoms with Crippen molar-refractivity contribution >= 4 is 16.7 Å². The van der Waals surface area contributed by atoms with Crippen LogP contribution in [0.5, 0.6) is 5.75 Å². The minimum Gasteiger partial charge on any atom is -0.491 e. The maximum atomic E-state index is 12.1. The van der Waals surface area contributed by atoms with Gasteiger partial charge in [0, 0.05) is 0 Å². The number of esters is 1. The van der Waals surface area contributed by atoms with Gasteiger partial charge in [-0.15, -0.1) is 0 Å². The molecule has 5 nitrogen and oxygen atoms in total. The molecule has 42 heavy (non-hydrogen) atoms. The van der Waals surface area contributed by atoms with E-state index < -0.39 is 5.60 Å². The molecular formula is C37H34O5. The number of carbonyl (C=O) groups is 1. The van der Waals surface area contributed by atoms with Gasteiger partial charge in [0.2, 0.25) is 0 Å². The van der Waals surface area contributed by atoms with Gasteiger partial charge in [-0.1, -0.05) is 116 Å². The Labute approximate surface area is 246 Å². The highest BCUT2D eigenvalue weighted by molar-refractivity contribution is 5.95. The van der Waals surface area contributed by atoms with E-state index >= 15 is 0 Å². The molecule has 0 aliphatic heterocycles. The fourth-order valence-corrected chi connectivity index (χ4v) is 5.00. The van der Waals surface area contributed by atoms with Crippen LogP contribution in [0.3, 0.4) is 0 Å². The summed E-state index contributed by atoms with van der Waals surface area (Å²) in [5.41, 5.74) is 2.91. The molecule has 0 N–H and O–H groups in total. The SMILES string of the molecule is C=CCOC(=O)c1ccc2cc(OCCOCCOC(c3ccccc3)(c3ccccc3)c3ccccc3)ccc2c1. The standard InChI is InChI=1S/C37H34O5/c1-2-22-41-36(38)31-19-18-30-28-35(21-20-29(30)27-31)40-25-23-39-24-26-42-37(32-12-6-3-7-13-32,33-14-8-4-9-15-33)34-16-10-5-11-17-34/h2-21,27-28H,1,22-26H2. The monoisotopic (exact) mass is 558 g/mol. The average Bonchev–Trinajstić information content (AvgIpc) is 3.06. The normalized spacial score (nSPS) is 11.2. The van der Waals surface area contributed by atoms with Crippen molar-refractivity contribution < 1.29 is 23.7 Å². The van der Waals surface area contributed by atoms with Gasteiger partial charge in [0.05, 0.1) is 25.4 Å². The zero-order chi connectivity index (χ0) is 29.0. The van der Waals surface area contributed by atoms with Crippen molar-refractivity contribution in [3.8, 4) is 5.75 Å². The summed E-state index contributed by atoms with van der Waals surface area (Å²) >= 11 is 0. The van der Waals surface area contributed by atoms with Crippen LogP contribution in [0.4, 0.5) is 0 Å². The molecule has 5 aromatic carbocycles. The zero-order valence-electron chi connectivity index (χ0n) is 23.5. The molecule has 212 valence electrons. The van der Waals surface area contributed by atoms with E-state index in [1.165, 1.54) is 0 Å². The van der Waals surface area contributed by atoms with Crippen molar-refractivity contribution in [2.75, 3.05) is 33.0 Å². The van der Waals surface area contributed by atoms with Gasteiger partial charge >= 0.3 is 5.97 Å². The predicted molar refractivity (Wildman–Crippen MR) is 166 cm³/mol.